The quantitative estimate of drug-likeness (QED) is 0.462. The Bertz CT molecular complexity index is 1230. The zero-order valence-corrected chi connectivity index (χ0v) is 23.4. The fourth-order valence-corrected chi connectivity index (χ4v) is 5.84. The molecule has 1 fully saturated rings. The number of nitrogens with one attached hydrogen (secondary N) is 1. The minimum absolute atomic E-state index is 0.00552. The van der Waals surface area contributed by atoms with E-state index in [1.165, 1.54) is 18.0 Å². The second-order valence-corrected chi connectivity index (χ2v) is 11.6. The van der Waals surface area contributed by atoms with Crippen LogP contribution in [-0.4, -0.2) is 65.3 Å². The van der Waals surface area contributed by atoms with Crippen LogP contribution in [0.1, 0.15) is 67.6 Å². The van der Waals surface area contributed by atoms with E-state index in [0.29, 0.717) is 29.0 Å². The molecule has 9 heteroatoms. The van der Waals surface area contributed by atoms with Crippen molar-refractivity contribution in [2.24, 2.45) is 0 Å². The number of benzene rings is 2. The Morgan fingerprint density at radius 1 is 1.18 bits per heavy atom. The first-order chi connectivity index (χ1) is 18.4. The predicted octanol–water partition coefficient (Wildman–Crippen LogP) is 3.84. The predicted molar refractivity (Wildman–Crippen MR) is 145 cm³/mol. The fourth-order valence-electron chi connectivity index (χ4n) is 5.84. The summed E-state index contributed by atoms with van der Waals surface area (Å²) in [5, 5.41) is 2.58. The van der Waals surface area contributed by atoms with Gasteiger partial charge < -0.3 is 24.5 Å². The molecule has 1 saturated heterocycles. The van der Waals surface area contributed by atoms with Gasteiger partial charge in [0, 0.05) is 49.8 Å². The molecule has 2 aromatic rings. The number of hydrogen-bond donors (Lipinski definition) is 1. The third-order valence-electron chi connectivity index (χ3n) is 7.10. The summed E-state index contributed by atoms with van der Waals surface area (Å²) < 4.78 is 27.0. The monoisotopic (exact) mass is 539 g/mol. The summed E-state index contributed by atoms with van der Waals surface area (Å²) in [6.45, 7) is 10.7. The lowest BCUT2D eigenvalue weighted by Gasteiger charge is -2.47. The van der Waals surface area contributed by atoms with Crippen molar-refractivity contribution >= 4 is 18.1 Å². The van der Waals surface area contributed by atoms with E-state index in [1.54, 1.807) is 24.3 Å². The minimum atomic E-state index is -0.766. The first-order valence-corrected chi connectivity index (χ1v) is 13.3. The average Bonchev–Trinajstić information content (AvgIpc) is 3.19. The maximum Gasteiger partial charge on any atom is 0.255 e. The van der Waals surface area contributed by atoms with Crippen LogP contribution in [0.5, 0.6) is 5.75 Å². The Hall–Kier alpha value is -3.30. The van der Waals surface area contributed by atoms with Crippen LogP contribution in [0.15, 0.2) is 36.4 Å². The van der Waals surface area contributed by atoms with Crippen molar-refractivity contribution in [3.63, 3.8) is 0 Å². The third kappa shape index (κ3) is 6.65. The Morgan fingerprint density at radius 2 is 1.90 bits per heavy atom. The molecule has 1 unspecified atom stereocenters. The minimum Gasteiger partial charge on any atom is -0.488 e. The highest BCUT2D eigenvalue weighted by Gasteiger charge is 2.39. The van der Waals surface area contributed by atoms with Crippen LogP contribution in [0.4, 0.5) is 4.39 Å². The van der Waals surface area contributed by atoms with Gasteiger partial charge in [-0.2, -0.15) is 0 Å². The van der Waals surface area contributed by atoms with Gasteiger partial charge in [-0.05, 0) is 63.9 Å². The molecular weight excluding hydrogens is 501 g/mol. The van der Waals surface area contributed by atoms with Gasteiger partial charge in [-0.1, -0.05) is 12.1 Å². The molecule has 4 rings (SSSR count). The van der Waals surface area contributed by atoms with Crippen molar-refractivity contribution in [1.82, 2.24) is 15.1 Å². The Labute approximate surface area is 229 Å². The number of aldehydes is 1. The van der Waals surface area contributed by atoms with Gasteiger partial charge >= 0.3 is 0 Å². The van der Waals surface area contributed by atoms with Crippen molar-refractivity contribution in [3.8, 4) is 5.75 Å². The lowest BCUT2D eigenvalue weighted by atomic mass is 9.98. The van der Waals surface area contributed by atoms with Gasteiger partial charge in [0.15, 0.2) is 0 Å². The lowest BCUT2D eigenvalue weighted by molar-refractivity contribution is -0.182. The van der Waals surface area contributed by atoms with Crippen molar-refractivity contribution in [3.05, 3.63) is 64.5 Å². The topological polar surface area (TPSA) is 88.2 Å². The van der Waals surface area contributed by atoms with Gasteiger partial charge in [0.05, 0.1) is 17.7 Å². The van der Waals surface area contributed by atoms with E-state index >= 15 is 0 Å². The van der Waals surface area contributed by atoms with Gasteiger partial charge in [0.1, 0.15) is 30.5 Å². The number of fused-ring (bicyclic) bond motifs is 1. The maximum atomic E-state index is 14.8. The van der Waals surface area contributed by atoms with Crippen molar-refractivity contribution < 1.29 is 28.2 Å². The SMILES string of the molecule is CNC(=O)C(CCC=O)N1Cc2c(OCc3cc(CN4CC(C)(C)OC(C)(C)C4)ccc3F)cccc2C1=O. The normalized spacial score (nSPS) is 18.9. The lowest BCUT2D eigenvalue weighted by Crippen LogP contribution is -2.56. The summed E-state index contributed by atoms with van der Waals surface area (Å²) in [6.07, 6.45) is 1.13. The van der Waals surface area contributed by atoms with E-state index in [4.69, 9.17) is 9.47 Å². The first kappa shape index (κ1) is 28.7. The Balaban J connectivity index is 1.49. The second-order valence-electron chi connectivity index (χ2n) is 11.6. The number of halogens is 1. The molecule has 0 bridgehead atoms. The van der Waals surface area contributed by atoms with Gasteiger partial charge in [0.25, 0.3) is 5.91 Å². The van der Waals surface area contributed by atoms with Gasteiger partial charge in [-0.3, -0.25) is 14.5 Å². The van der Waals surface area contributed by atoms with Crippen LogP contribution in [-0.2, 0) is 34.0 Å². The molecule has 2 aromatic carbocycles. The molecule has 1 atom stereocenters. The summed E-state index contributed by atoms with van der Waals surface area (Å²) in [5.41, 5.74) is 1.93. The number of amides is 2. The zero-order chi connectivity index (χ0) is 28.4. The maximum absolute atomic E-state index is 14.8. The van der Waals surface area contributed by atoms with E-state index in [0.717, 1.165) is 24.9 Å². The van der Waals surface area contributed by atoms with Crippen LogP contribution in [0.2, 0.25) is 0 Å². The number of hydrogen-bond acceptors (Lipinski definition) is 6. The Morgan fingerprint density at radius 3 is 2.56 bits per heavy atom. The second kappa shape index (κ2) is 11.4. The van der Waals surface area contributed by atoms with E-state index in [-0.39, 0.29) is 54.8 Å². The van der Waals surface area contributed by atoms with E-state index in [9.17, 15) is 18.8 Å². The molecule has 2 aliphatic heterocycles. The third-order valence-corrected chi connectivity index (χ3v) is 7.10. The number of ether oxygens (including phenoxy) is 2. The number of morpholine rings is 1. The number of carbonyl (C=O) groups is 3. The van der Waals surface area contributed by atoms with Crippen LogP contribution in [0.25, 0.3) is 0 Å². The molecule has 0 aliphatic carbocycles. The van der Waals surface area contributed by atoms with Crippen LogP contribution in [0, 0.1) is 5.82 Å². The van der Waals surface area contributed by atoms with Gasteiger partial charge in [0.2, 0.25) is 5.91 Å². The van der Waals surface area contributed by atoms with E-state index < -0.39 is 6.04 Å². The molecule has 2 amide bonds. The highest BCUT2D eigenvalue weighted by atomic mass is 19.1. The number of rotatable bonds is 10. The molecule has 8 nitrogen and oxygen atoms in total. The standard InChI is InChI=1S/C30H38FN3O5/c1-29(2)18-33(19-30(3,4)39-29)15-20-11-12-24(31)21(14-20)17-38-26-10-6-8-22-23(26)16-34(28(22)37)25(9-7-13-35)27(36)32-5/h6,8,10-14,25H,7,9,15-19H2,1-5H3,(H,32,36). The van der Waals surface area contributed by atoms with Crippen LogP contribution >= 0.6 is 0 Å². The first-order valence-electron chi connectivity index (χ1n) is 13.3. The van der Waals surface area contributed by atoms with Gasteiger partial charge in [-0.25, -0.2) is 4.39 Å². The van der Waals surface area contributed by atoms with E-state index in [1.807, 2.05) is 6.07 Å². The number of likely N-dealkylation sites (N-methyl/N-ethyl adjacent to an activating group) is 1. The molecule has 0 spiro atoms. The summed E-state index contributed by atoms with van der Waals surface area (Å²) in [6, 6.07) is 9.47. The number of carbonyl (C=O) groups excluding carboxylic acids is 3. The summed E-state index contributed by atoms with van der Waals surface area (Å²) in [4.78, 5) is 40.4. The molecule has 0 saturated carbocycles. The molecule has 210 valence electrons. The molecule has 0 radical (unpaired) electrons. The van der Waals surface area contributed by atoms with E-state index in [2.05, 4.69) is 37.9 Å². The average molecular weight is 540 g/mol. The van der Waals surface area contributed by atoms with Crippen LogP contribution < -0.4 is 10.1 Å². The molecular formula is C30H38FN3O5. The Kier molecular flexibility index (Phi) is 8.42. The number of nitrogens with zero attached hydrogens (tertiary/aromatic N) is 2. The zero-order valence-electron chi connectivity index (χ0n) is 23.4. The summed E-state index contributed by atoms with van der Waals surface area (Å²) in [5.74, 6) is -0.512. The van der Waals surface area contributed by atoms with Crippen molar-refractivity contribution in [2.45, 2.75) is 77.5 Å². The summed E-state index contributed by atoms with van der Waals surface area (Å²) >= 11 is 0. The van der Waals surface area contributed by atoms with Crippen molar-refractivity contribution in [2.75, 3.05) is 20.1 Å². The largest absolute Gasteiger partial charge is 0.488 e. The highest BCUT2D eigenvalue weighted by Crippen LogP contribution is 2.34. The van der Waals surface area contributed by atoms with Crippen molar-refractivity contribution in [1.29, 1.82) is 0 Å². The molecule has 39 heavy (non-hydrogen) atoms. The highest BCUT2D eigenvalue weighted by molar-refractivity contribution is 6.01. The smallest absolute Gasteiger partial charge is 0.255 e. The van der Waals surface area contributed by atoms with Crippen LogP contribution in [0.3, 0.4) is 0 Å². The molecule has 2 aliphatic rings. The fraction of sp³-hybridized carbons (Fsp3) is 0.500. The molecule has 0 aromatic heterocycles. The molecule has 2 heterocycles. The summed E-state index contributed by atoms with van der Waals surface area (Å²) in [7, 11) is 1.50. The molecule has 1 N–H and O–H groups in total. The van der Waals surface area contributed by atoms with Gasteiger partial charge in [-0.15, -0.1) is 0 Å².